The number of ketones is 1. The van der Waals surface area contributed by atoms with Gasteiger partial charge in [0.1, 0.15) is 0 Å². The van der Waals surface area contributed by atoms with Gasteiger partial charge in [0.2, 0.25) is 10.7 Å². The normalized spacial score (nSPS) is 21.9. The van der Waals surface area contributed by atoms with Gasteiger partial charge in [-0.25, -0.2) is 0 Å². The van der Waals surface area contributed by atoms with Crippen LogP contribution in [0.4, 0.5) is 0 Å². The summed E-state index contributed by atoms with van der Waals surface area (Å²) in [5, 5.41) is 11.2. The van der Waals surface area contributed by atoms with Gasteiger partial charge in [-0.05, 0) is 23.8 Å². The molecule has 1 atom stereocenters. The van der Waals surface area contributed by atoms with Crippen LogP contribution in [0.1, 0.15) is 11.1 Å². The third kappa shape index (κ3) is 2.29. The third-order valence-electron chi connectivity index (χ3n) is 3.15. The zero-order valence-electron chi connectivity index (χ0n) is 10.4. The fourth-order valence-corrected chi connectivity index (χ4v) is 3.36. The second kappa shape index (κ2) is 5.09. The van der Waals surface area contributed by atoms with Gasteiger partial charge in [0.05, 0.1) is 0 Å². The van der Waals surface area contributed by atoms with Gasteiger partial charge < -0.3 is 5.11 Å². The smallest absolute Gasteiger partial charge is 0.204 e. The Kier molecular flexibility index (Phi) is 3.42. The molecule has 0 aliphatic carbocycles. The Labute approximate surface area is 126 Å². The summed E-state index contributed by atoms with van der Waals surface area (Å²) in [7, 11) is 0. The van der Waals surface area contributed by atoms with Crippen LogP contribution in [0.3, 0.4) is 0 Å². The van der Waals surface area contributed by atoms with Crippen LogP contribution < -0.4 is 0 Å². The first kappa shape index (κ1) is 13.4. The van der Waals surface area contributed by atoms with Gasteiger partial charge in [-0.1, -0.05) is 65.8 Å². The molecule has 1 N–H and O–H groups in total. The van der Waals surface area contributed by atoms with Gasteiger partial charge in [0.25, 0.3) is 0 Å². The van der Waals surface area contributed by atoms with Gasteiger partial charge in [0, 0.05) is 15.5 Å². The summed E-state index contributed by atoms with van der Waals surface area (Å²) in [6, 6.07) is 16.2. The first-order valence-electron chi connectivity index (χ1n) is 6.08. The fraction of sp³-hybridized carbons (Fsp3) is 0.0625. The average Bonchev–Trinajstić information content (AvgIpc) is 2.78. The molecule has 0 fully saturated rings. The molecule has 2 aromatic carbocycles. The van der Waals surface area contributed by atoms with Crippen LogP contribution in [0, 0.1) is 0 Å². The molecule has 0 saturated carbocycles. The number of aliphatic hydroxyl groups is 1. The second-order valence-electron chi connectivity index (χ2n) is 4.49. The molecule has 1 unspecified atom stereocenters. The zero-order valence-corrected chi connectivity index (χ0v) is 12.0. The van der Waals surface area contributed by atoms with Crippen molar-refractivity contribution in [3.05, 3.63) is 76.8 Å². The summed E-state index contributed by atoms with van der Waals surface area (Å²) in [5.41, 5.74) is 1.47. The van der Waals surface area contributed by atoms with Crippen molar-refractivity contribution in [3.8, 4) is 0 Å². The van der Waals surface area contributed by atoms with Crippen LogP contribution >= 0.6 is 23.4 Å². The van der Waals surface area contributed by atoms with E-state index in [1.165, 1.54) is 6.08 Å². The van der Waals surface area contributed by atoms with Crippen molar-refractivity contribution in [1.29, 1.82) is 0 Å². The molecule has 2 aromatic rings. The van der Waals surface area contributed by atoms with Crippen LogP contribution in [0.15, 0.2) is 60.7 Å². The largest absolute Gasteiger partial charge is 0.368 e. The third-order valence-corrected chi connectivity index (χ3v) is 4.71. The summed E-state index contributed by atoms with van der Waals surface area (Å²) in [5.74, 6) is -0.316. The van der Waals surface area contributed by atoms with Crippen molar-refractivity contribution in [2.45, 2.75) is 4.93 Å². The van der Waals surface area contributed by atoms with E-state index in [2.05, 4.69) is 0 Å². The van der Waals surface area contributed by atoms with Crippen LogP contribution in [0.25, 0.3) is 4.91 Å². The van der Waals surface area contributed by atoms with Gasteiger partial charge in [-0.15, -0.1) is 0 Å². The number of thioether (sulfide) groups is 1. The SMILES string of the molecule is O=C1C=C(c2ccccc2)SC1(O)c1ccc(Cl)cc1. The van der Waals surface area contributed by atoms with E-state index in [4.69, 9.17) is 11.6 Å². The number of rotatable bonds is 2. The molecule has 100 valence electrons. The van der Waals surface area contributed by atoms with E-state index in [-0.39, 0.29) is 5.78 Å². The van der Waals surface area contributed by atoms with E-state index in [1.807, 2.05) is 30.3 Å². The van der Waals surface area contributed by atoms with E-state index in [0.717, 1.165) is 22.2 Å². The summed E-state index contributed by atoms with van der Waals surface area (Å²) >= 11 is 7.00. The summed E-state index contributed by atoms with van der Waals surface area (Å²) in [4.78, 5) is 11.4. The molecule has 0 aromatic heterocycles. The lowest BCUT2D eigenvalue weighted by molar-refractivity contribution is -0.124. The lowest BCUT2D eigenvalue weighted by Crippen LogP contribution is -2.27. The average molecular weight is 303 g/mol. The lowest BCUT2D eigenvalue weighted by Gasteiger charge is -2.21. The van der Waals surface area contributed by atoms with Crippen LogP contribution in [0.2, 0.25) is 5.02 Å². The van der Waals surface area contributed by atoms with Crippen molar-refractivity contribution >= 4 is 34.1 Å². The maximum Gasteiger partial charge on any atom is 0.204 e. The Bertz CT molecular complexity index is 679. The highest BCUT2D eigenvalue weighted by Gasteiger charge is 2.43. The lowest BCUT2D eigenvalue weighted by atomic mass is 10.0. The molecule has 0 bridgehead atoms. The maximum absolute atomic E-state index is 12.2. The van der Waals surface area contributed by atoms with Crippen LogP contribution in [-0.4, -0.2) is 10.9 Å². The molecule has 0 radical (unpaired) electrons. The first-order chi connectivity index (χ1) is 9.59. The first-order valence-corrected chi connectivity index (χ1v) is 7.28. The minimum absolute atomic E-state index is 0.316. The molecule has 4 heteroatoms. The Hall–Kier alpha value is -1.55. The molecule has 0 spiro atoms. The Morgan fingerprint density at radius 1 is 1.00 bits per heavy atom. The molecule has 0 amide bonds. The summed E-state index contributed by atoms with van der Waals surface area (Å²) < 4.78 is 0. The fourth-order valence-electron chi connectivity index (χ4n) is 2.08. The highest BCUT2D eigenvalue weighted by Crippen LogP contribution is 2.49. The number of carbonyl (C=O) groups excluding carboxylic acids is 1. The van der Waals surface area contributed by atoms with Crippen molar-refractivity contribution in [2.24, 2.45) is 0 Å². The number of benzene rings is 2. The molecule has 1 heterocycles. The maximum atomic E-state index is 12.2. The van der Waals surface area contributed by atoms with Gasteiger partial charge >= 0.3 is 0 Å². The molecule has 2 nitrogen and oxygen atoms in total. The summed E-state index contributed by atoms with van der Waals surface area (Å²) in [6.07, 6.45) is 1.49. The topological polar surface area (TPSA) is 37.3 Å². The van der Waals surface area contributed by atoms with E-state index in [0.29, 0.717) is 10.6 Å². The number of hydrogen-bond acceptors (Lipinski definition) is 3. The minimum atomic E-state index is -1.56. The van der Waals surface area contributed by atoms with E-state index in [9.17, 15) is 9.90 Å². The van der Waals surface area contributed by atoms with E-state index >= 15 is 0 Å². The van der Waals surface area contributed by atoms with Gasteiger partial charge in [-0.2, -0.15) is 0 Å². The number of hydrogen-bond donors (Lipinski definition) is 1. The monoisotopic (exact) mass is 302 g/mol. The van der Waals surface area contributed by atoms with Crippen molar-refractivity contribution in [2.75, 3.05) is 0 Å². The zero-order chi connectivity index (χ0) is 14.2. The van der Waals surface area contributed by atoms with E-state index < -0.39 is 4.93 Å². The molecular formula is C16H11ClO2S. The standard InChI is InChI=1S/C16H11ClO2S/c17-13-8-6-12(7-9-13)16(19)15(18)10-14(20-16)11-4-2-1-3-5-11/h1-10,19H. The Balaban J connectivity index is 1.95. The molecule has 3 rings (SSSR count). The Morgan fingerprint density at radius 2 is 1.65 bits per heavy atom. The predicted molar refractivity (Wildman–Crippen MR) is 82.4 cm³/mol. The highest BCUT2D eigenvalue weighted by molar-refractivity contribution is 8.10. The molecule has 1 aliphatic rings. The molecular weight excluding hydrogens is 292 g/mol. The van der Waals surface area contributed by atoms with Gasteiger partial charge in [0.15, 0.2) is 0 Å². The van der Waals surface area contributed by atoms with Crippen molar-refractivity contribution in [1.82, 2.24) is 0 Å². The Morgan fingerprint density at radius 3 is 2.30 bits per heavy atom. The number of halogens is 1. The highest BCUT2D eigenvalue weighted by atomic mass is 35.5. The molecule has 1 aliphatic heterocycles. The summed E-state index contributed by atoms with van der Waals surface area (Å²) in [6.45, 7) is 0. The van der Waals surface area contributed by atoms with E-state index in [1.54, 1.807) is 24.3 Å². The number of carbonyl (C=O) groups is 1. The van der Waals surface area contributed by atoms with Crippen LogP contribution in [-0.2, 0) is 9.73 Å². The minimum Gasteiger partial charge on any atom is -0.368 e. The molecule has 0 saturated heterocycles. The van der Waals surface area contributed by atoms with Crippen molar-refractivity contribution in [3.63, 3.8) is 0 Å². The quantitative estimate of drug-likeness (QED) is 0.916. The van der Waals surface area contributed by atoms with Gasteiger partial charge in [-0.3, -0.25) is 4.79 Å². The molecule has 20 heavy (non-hydrogen) atoms. The van der Waals surface area contributed by atoms with Crippen LogP contribution in [0.5, 0.6) is 0 Å². The second-order valence-corrected chi connectivity index (χ2v) is 6.16. The van der Waals surface area contributed by atoms with Crippen molar-refractivity contribution < 1.29 is 9.90 Å². The predicted octanol–water partition coefficient (Wildman–Crippen LogP) is 3.84.